The van der Waals surface area contributed by atoms with Gasteiger partial charge in [-0.2, -0.15) is 0 Å². The van der Waals surface area contributed by atoms with Crippen LogP contribution in [0.4, 0.5) is 20.2 Å². The second-order valence-corrected chi connectivity index (χ2v) is 7.80. The fraction of sp³-hybridized carbons (Fsp3) is 0.300. The standard InChI is InChI=1S/C20H18F2N2O2S/c21-13-8-9-17(15(22)10-13)24-18(25)11-27-20(24)14-6-1-2-7-16(14)23-19(26)12-4-3-5-12/h1-2,6-10,12,20H,3-5,11H2,(H,23,26)/t20-/m1/s1. The summed E-state index contributed by atoms with van der Waals surface area (Å²) in [6.07, 6.45) is 2.83. The van der Waals surface area contributed by atoms with Crippen LogP contribution in [-0.4, -0.2) is 17.6 Å². The van der Waals surface area contributed by atoms with E-state index in [9.17, 15) is 18.4 Å². The maximum atomic E-state index is 14.3. The molecule has 2 aromatic carbocycles. The van der Waals surface area contributed by atoms with Gasteiger partial charge in [0.05, 0.1) is 11.4 Å². The zero-order chi connectivity index (χ0) is 19.0. The van der Waals surface area contributed by atoms with Crippen LogP contribution in [0, 0.1) is 17.6 Å². The Morgan fingerprint density at radius 1 is 1.15 bits per heavy atom. The Hall–Kier alpha value is -2.41. The van der Waals surface area contributed by atoms with Crippen molar-refractivity contribution in [2.24, 2.45) is 5.92 Å². The van der Waals surface area contributed by atoms with Crippen molar-refractivity contribution in [1.29, 1.82) is 0 Å². The van der Waals surface area contributed by atoms with E-state index >= 15 is 0 Å². The number of hydrogen-bond acceptors (Lipinski definition) is 3. The highest BCUT2D eigenvalue weighted by Crippen LogP contribution is 2.45. The monoisotopic (exact) mass is 388 g/mol. The molecule has 1 atom stereocenters. The number of hydrogen-bond donors (Lipinski definition) is 1. The number of rotatable bonds is 4. The highest BCUT2D eigenvalue weighted by molar-refractivity contribution is 8.00. The topological polar surface area (TPSA) is 49.4 Å². The van der Waals surface area contributed by atoms with E-state index in [0.717, 1.165) is 37.0 Å². The molecule has 1 N–H and O–H groups in total. The van der Waals surface area contributed by atoms with Gasteiger partial charge in [-0.15, -0.1) is 11.8 Å². The first-order valence-corrected chi connectivity index (χ1v) is 9.88. The predicted octanol–water partition coefficient (Wildman–Crippen LogP) is 4.48. The minimum Gasteiger partial charge on any atom is -0.325 e. The largest absolute Gasteiger partial charge is 0.325 e. The number of para-hydroxylation sites is 1. The van der Waals surface area contributed by atoms with E-state index in [1.165, 1.54) is 22.7 Å². The molecule has 0 unspecified atom stereocenters. The van der Waals surface area contributed by atoms with Gasteiger partial charge in [0.25, 0.3) is 0 Å². The third kappa shape index (κ3) is 3.43. The Balaban J connectivity index is 1.67. The van der Waals surface area contributed by atoms with Crippen LogP contribution in [0.1, 0.15) is 30.2 Å². The molecule has 0 spiro atoms. The Morgan fingerprint density at radius 3 is 2.63 bits per heavy atom. The van der Waals surface area contributed by atoms with Crippen LogP contribution in [0.3, 0.4) is 0 Å². The zero-order valence-corrected chi connectivity index (χ0v) is 15.3. The zero-order valence-electron chi connectivity index (χ0n) is 14.5. The molecular formula is C20H18F2N2O2S. The van der Waals surface area contributed by atoms with Gasteiger partial charge in [-0.25, -0.2) is 8.78 Å². The minimum absolute atomic E-state index is 0.0254. The van der Waals surface area contributed by atoms with E-state index in [4.69, 9.17) is 0 Å². The van der Waals surface area contributed by atoms with Crippen LogP contribution in [0.25, 0.3) is 0 Å². The summed E-state index contributed by atoms with van der Waals surface area (Å²) in [5, 5.41) is 2.47. The van der Waals surface area contributed by atoms with Crippen LogP contribution in [0.15, 0.2) is 42.5 Å². The van der Waals surface area contributed by atoms with Gasteiger partial charge in [0.1, 0.15) is 17.0 Å². The van der Waals surface area contributed by atoms with E-state index in [1.807, 2.05) is 18.2 Å². The van der Waals surface area contributed by atoms with Crippen LogP contribution in [0.2, 0.25) is 0 Å². The Morgan fingerprint density at radius 2 is 1.93 bits per heavy atom. The van der Waals surface area contributed by atoms with Crippen molar-refractivity contribution in [1.82, 2.24) is 0 Å². The average Bonchev–Trinajstić information content (AvgIpc) is 2.95. The van der Waals surface area contributed by atoms with Crippen molar-refractivity contribution < 1.29 is 18.4 Å². The van der Waals surface area contributed by atoms with E-state index in [0.29, 0.717) is 5.69 Å². The van der Waals surface area contributed by atoms with E-state index in [1.54, 1.807) is 6.07 Å². The summed E-state index contributed by atoms with van der Waals surface area (Å²) >= 11 is 1.35. The third-order valence-electron chi connectivity index (χ3n) is 5.00. The molecule has 1 saturated heterocycles. The predicted molar refractivity (Wildman–Crippen MR) is 101 cm³/mol. The van der Waals surface area contributed by atoms with Gasteiger partial charge in [-0.1, -0.05) is 24.6 Å². The summed E-state index contributed by atoms with van der Waals surface area (Å²) in [5.41, 5.74) is 1.38. The lowest BCUT2D eigenvalue weighted by molar-refractivity contribution is -0.122. The van der Waals surface area contributed by atoms with Crippen molar-refractivity contribution in [3.8, 4) is 0 Å². The van der Waals surface area contributed by atoms with E-state index in [-0.39, 0.29) is 29.2 Å². The molecule has 1 saturated carbocycles. The van der Waals surface area contributed by atoms with Crippen molar-refractivity contribution in [2.75, 3.05) is 16.0 Å². The summed E-state index contributed by atoms with van der Waals surface area (Å²) in [7, 11) is 0. The summed E-state index contributed by atoms with van der Waals surface area (Å²) < 4.78 is 27.6. The Labute approximate surface area is 159 Å². The van der Waals surface area contributed by atoms with Gasteiger partial charge in [0.15, 0.2) is 0 Å². The smallest absolute Gasteiger partial charge is 0.238 e. The molecule has 1 heterocycles. The highest BCUT2D eigenvalue weighted by Gasteiger charge is 2.37. The van der Waals surface area contributed by atoms with Crippen LogP contribution < -0.4 is 10.2 Å². The van der Waals surface area contributed by atoms with Crippen molar-refractivity contribution in [3.63, 3.8) is 0 Å². The fourth-order valence-electron chi connectivity index (χ4n) is 3.32. The first kappa shape index (κ1) is 18.0. The molecule has 7 heteroatoms. The first-order valence-electron chi connectivity index (χ1n) is 8.83. The molecule has 2 amide bonds. The number of halogens is 2. The molecule has 27 heavy (non-hydrogen) atoms. The van der Waals surface area contributed by atoms with Crippen LogP contribution in [-0.2, 0) is 9.59 Å². The van der Waals surface area contributed by atoms with Gasteiger partial charge in [0.2, 0.25) is 11.8 Å². The molecule has 1 aliphatic heterocycles. The molecule has 1 aliphatic carbocycles. The number of amides is 2. The normalized spacial score (nSPS) is 19.9. The summed E-state index contributed by atoms with van der Waals surface area (Å²) in [6.45, 7) is 0. The molecule has 2 aromatic rings. The quantitative estimate of drug-likeness (QED) is 0.840. The van der Waals surface area contributed by atoms with Gasteiger partial charge >= 0.3 is 0 Å². The number of carbonyl (C=O) groups excluding carboxylic acids is 2. The molecule has 4 nitrogen and oxygen atoms in total. The van der Waals surface area contributed by atoms with E-state index < -0.39 is 17.0 Å². The number of nitrogens with one attached hydrogen (secondary N) is 1. The van der Waals surface area contributed by atoms with Crippen molar-refractivity contribution >= 4 is 35.0 Å². The average molecular weight is 388 g/mol. The SMILES string of the molecule is O=C(Nc1ccccc1[C@H]1SCC(=O)N1c1ccc(F)cc1F)C1CCC1. The molecule has 140 valence electrons. The van der Waals surface area contributed by atoms with Gasteiger partial charge in [0, 0.05) is 23.2 Å². The summed E-state index contributed by atoms with van der Waals surface area (Å²) in [4.78, 5) is 26.2. The van der Waals surface area contributed by atoms with Gasteiger partial charge < -0.3 is 5.32 Å². The molecule has 2 aliphatic rings. The van der Waals surface area contributed by atoms with Crippen LogP contribution in [0.5, 0.6) is 0 Å². The molecule has 4 rings (SSSR count). The molecule has 2 fully saturated rings. The number of anilines is 2. The number of thioether (sulfide) groups is 1. The lowest BCUT2D eigenvalue weighted by Crippen LogP contribution is -2.31. The Kier molecular flexibility index (Phi) is 4.86. The fourth-order valence-corrected chi connectivity index (χ4v) is 4.53. The number of benzene rings is 2. The third-order valence-corrected chi connectivity index (χ3v) is 6.19. The lowest BCUT2D eigenvalue weighted by Gasteiger charge is -2.28. The van der Waals surface area contributed by atoms with Gasteiger partial charge in [-0.05, 0) is 31.0 Å². The number of nitrogens with zero attached hydrogens (tertiary/aromatic N) is 1. The Bertz CT molecular complexity index is 901. The van der Waals surface area contributed by atoms with Gasteiger partial charge in [-0.3, -0.25) is 14.5 Å². The second-order valence-electron chi connectivity index (χ2n) is 6.73. The maximum absolute atomic E-state index is 14.3. The maximum Gasteiger partial charge on any atom is 0.238 e. The van der Waals surface area contributed by atoms with E-state index in [2.05, 4.69) is 5.32 Å². The minimum atomic E-state index is -0.785. The molecule has 0 aromatic heterocycles. The van der Waals surface area contributed by atoms with Crippen molar-refractivity contribution in [3.05, 3.63) is 59.7 Å². The van der Waals surface area contributed by atoms with Crippen LogP contribution >= 0.6 is 11.8 Å². The molecule has 0 radical (unpaired) electrons. The summed E-state index contributed by atoms with van der Waals surface area (Å²) in [5.74, 6) is -1.54. The highest BCUT2D eigenvalue weighted by atomic mass is 32.2. The lowest BCUT2D eigenvalue weighted by atomic mass is 9.85. The molecule has 0 bridgehead atoms. The first-order chi connectivity index (χ1) is 13.0. The summed E-state index contributed by atoms with van der Waals surface area (Å²) in [6, 6.07) is 10.4. The van der Waals surface area contributed by atoms with Crippen molar-refractivity contribution in [2.45, 2.75) is 24.6 Å². The molecular weight excluding hydrogens is 370 g/mol. The number of carbonyl (C=O) groups is 2. The second kappa shape index (κ2) is 7.31.